The number of hydrogen-bond acceptors (Lipinski definition) is 4. The molecule has 31 heavy (non-hydrogen) atoms. The maximum atomic E-state index is 13.3. The lowest BCUT2D eigenvalue weighted by Crippen LogP contribution is -2.32. The number of anilines is 1. The Bertz CT molecular complexity index is 1210. The fourth-order valence-corrected chi connectivity index (χ4v) is 3.64. The van der Waals surface area contributed by atoms with Crippen molar-refractivity contribution in [1.29, 1.82) is 0 Å². The van der Waals surface area contributed by atoms with Crippen LogP contribution in [0.15, 0.2) is 59.5 Å². The number of amides is 1. The minimum Gasteiger partial charge on any atom is -0.315 e. The van der Waals surface area contributed by atoms with E-state index >= 15 is 0 Å². The van der Waals surface area contributed by atoms with Gasteiger partial charge in [0.05, 0.1) is 10.6 Å². The van der Waals surface area contributed by atoms with Crippen LogP contribution in [0, 0.1) is 0 Å². The Morgan fingerprint density at radius 1 is 1.16 bits per heavy atom. The van der Waals surface area contributed by atoms with Gasteiger partial charge in [0.2, 0.25) is 15.9 Å². The second-order valence-corrected chi connectivity index (χ2v) is 8.63. The van der Waals surface area contributed by atoms with Gasteiger partial charge in [0.15, 0.2) is 5.69 Å². The number of sulfonamides is 1. The van der Waals surface area contributed by atoms with E-state index in [1.165, 1.54) is 42.3 Å². The molecule has 12 heteroatoms. The van der Waals surface area contributed by atoms with Gasteiger partial charge in [-0.1, -0.05) is 29.8 Å². The van der Waals surface area contributed by atoms with E-state index in [1.807, 2.05) is 0 Å². The van der Waals surface area contributed by atoms with Crippen LogP contribution < -0.4 is 10.0 Å². The number of alkyl halides is 3. The van der Waals surface area contributed by atoms with Gasteiger partial charge in [-0.2, -0.15) is 18.3 Å². The smallest absolute Gasteiger partial charge is 0.315 e. The van der Waals surface area contributed by atoms with Crippen LogP contribution in [0.2, 0.25) is 5.02 Å². The molecule has 0 aliphatic rings. The Balaban J connectivity index is 2.08. The lowest BCUT2D eigenvalue weighted by Gasteiger charge is -2.24. The molecule has 0 bridgehead atoms. The number of H-pyrrole nitrogens is 1. The highest BCUT2D eigenvalue weighted by Gasteiger charge is 2.36. The van der Waals surface area contributed by atoms with Crippen molar-refractivity contribution in [2.45, 2.75) is 17.0 Å². The molecular weight excluding hydrogens is 457 g/mol. The van der Waals surface area contributed by atoms with Gasteiger partial charge in [0.1, 0.15) is 5.92 Å². The van der Waals surface area contributed by atoms with Crippen LogP contribution >= 0.6 is 11.6 Å². The first-order valence-corrected chi connectivity index (χ1v) is 10.6. The quantitative estimate of drug-likeness (QED) is 0.592. The number of likely N-dealkylation sites (N-methyl/N-ethyl adjacent to an activating group) is 1. The highest BCUT2D eigenvalue weighted by atomic mass is 35.5. The summed E-state index contributed by atoms with van der Waals surface area (Å²) in [6.07, 6.45) is -4.71. The number of rotatable bonds is 5. The van der Waals surface area contributed by atoms with Crippen molar-refractivity contribution in [3.63, 3.8) is 0 Å². The molecule has 1 unspecified atom stereocenters. The fourth-order valence-electron chi connectivity index (χ4n) is 2.94. The van der Waals surface area contributed by atoms with Crippen molar-refractivity contribution >= 4 is 33.2 Å². The molecule has 3 rings (SSSR count). The van der Waals surface area contributed by atoms with E-state index in [-0.39, 0.29) is 16.2 Å². The second kappa shape index (κ2) is 8.33. The molecule has 1 heterocycles. The van der Waals surface area contributed by atoms with E-state index in [0.717, 1.165) is 6.07 Å². The molecule has 0 saturated heterocycles. The topological polar surface area (TPSA) is 109 Å². The molecule has 3 N–H and O–H groups in total. The summed E-state index contributed by atoms with van der Waals surface area (Å²) in [5, 5.41) is 11.0. The molecule has 3 aromatic rings. The van der Waals surface area contributed by atoms with Gasteiger partial charge in [-0.25, -0.2) is 13.6 Å². The maximum absolute atomic E-state index is 13.3. The minimum absolute atomic E-state index is 0.116. The highest BCUT2D eigenvalue weighted by Crippen LogP contribution is 2.33. The summed E-state index contributed by atoms with van der Waals surface area (Å²) in [5.74, 6) is -1.83. The van der Waals surface area contributed by atoms with Crippen LogP contribution in [0.5, 0.6) is 0 Å². The summed E-state index contributed by atoms with van der Waals surface area (Å²) in [7, 11) is -2.54. The van der Waals surface area contributed by atoms with Crippen molar-refractivity contribution in [3.8, 4) is 0 Å². The van der Waals surface area contributed by atoms with Crippen LogP contribution in [-0.4, -0.2) is 31.6 Å². The molecule has 0 fully saturated rings. The number of benzene rings is 2. The number of hydrogen-bond donors (Lipinski definition) is 2. The van der Waals surface area contributed by atoms with E-state index in [4.69, 9.17) is 16.7 Å². The van der Waals surface area contributed by atoms with Gasteiger partial charge >= 0.3 is 6.18 Å². The number of nitrogens with zero attached hydrogens (tertiary/aromatic N) is 2. The van der Waals surface area contributed by atoms with E-state index in [9.17, 15) is 26.4 Å². The van der Waals surface area contributed by atoms with Gasteiger partial charge in [-0.05, 0) is 42.0 Å². The predicted octanol–water partition coefficient (Wildman–Crippen LogP) is 3.52. The molecule has 1 atom stereocenters. The zero-order valence-corrected chi connectivity index (χ0v) is 17.5. The largest absolute Gasteiger partial charge is 0.435 e. The molecule has 164 valence electrons. The standard InChI is InChI=1S/C19H16ClF3N4O3S/c1-27(13-4-2-3-12(20)9-13)18(28)17(15-10-16(26-25-15)19(21,22)23)11-5-7-14(8-6-11)31(24,29)30/h2-10,17H,1H3,(H,25,26)(H2,24,29,30). The lowest BCUT2D eigenvalue weighted by molar-refractivity contribution is -0.141. The molecule has 2 aromatic carbocycles. The molecule has 0 aliphatic heterocycles. The average molecular weight is 473 g/mol. The Morgan fingerprint density at radius 2 is 1.81 bits per heavy atom. The molecule has 0 radical (unpaired) electrons. The summed E-state index contributed by atoms with van der Waals surface area (Å²) < 4.78 is 62.2. The number of nitrogens with one attached hydrogen (secondary N) is 1. The SMILES string of the molecule is CN(C(=O)C(c1ccc(S(N)(=O)=O)cc1)c1cc(C(F)(F)F)n[nH]1)c1cccc(Cl)c1. The fraction of sp³-hybridized carbons (Fsp3) is 0.158. The van der Waals surface area contributed by atoms with Crippen molar-refractivity contribution in [2.24, 2.45) is 5.14 Å². The van der Waals surface area contributed by atoms with Gasteiger partial charge in [0.25, 0.3) is 0 Å². The third kappa shape index (κ3) is 5.06. The minimum atomic E-state index is -4.71. The zero-order chi connectivity index (χ0) is 23.0. The Hall–Kier alpha value is -2.89. The third-order valence-electron chi connectivity index (χ3n) is 4.51. The normalized spacial score (nSPS) is 13.1. The van der Waals surface area contributed by atoms with Crippen molar-refractivity contribution < 1.29 is 26.4 Å². The first-order valence-electron chi connectivity index (χ1n) is 8.66. The lowest BCUT2D eigenvalue weighted by atomic mass is 9.94. The van der Waals surface area contributed by atoms with Crippen LogP contribution in [0.1, 0.15) is 22.9 Å². The summed E-state index contributed by atoms with van der Waals surface area (Å²) >= 11 is 5.97. The summed E-state index contributed by atoms with van der Waals surface area (Å²) in [6.45, 7) is 0. The number of halogens is 4. The predicted molar refractivity (Wildman–Crippen MR) is 108 cm³/mol. The Morgan fingerprint density at radius 3 is 2.32 bits per heavy atom. The Kier molecular flexibility index (Phi) is 6.12. The number of carbonyl (C=O) groups is 1. The zero-order valence-electron chi connectivity index (χ0n) is 15.9. The van der Waals surface area contributed by atoms with Crippen LogP contribution in [0.25, 0.3) is 0 Å². The number of nitrogens with two attached hydrogens (primary N) is 1. The van der Waals surface area contributed by atoms with Gasteiger partial charge in [-0.15, -0.1) is 0 Å². The van der Waals surface area contributed by atoms with Crippen LogP contribution in [0.3, 0.4) is 0 Å². The molecule has 0 spiro atoms. The number of aromatic nitrogens is 2. The van der Waals surface area contributed by atoms with E-state index in [1.54, 1.807) is 18.2 Å². The first kappa shape index (κ1) is 22.8. The van der Waals surface area contributed by atoms with Crippen LogP contribution in [-0.2, 0) is 21.0 Å². The summed E-state index contributed by atoms with van der Waals surface area (Å²) in [5.41, 5.74) is -0.649. The highest BCUT2D eigenvalue weighted by molar-refractivity contribution is 7.89. The molecule has 1 aromatic heterocycles. The van der Waals surface area contributed by atoms with Crippen molar-refractivity contribution in [2.75, 3.05) is 11.9 Å². The van der Waals surface area contributed by atoms with Gasteiger partial charge in [0, 0.05) is 17.8 Å². The number of carbonyl (C=O) groups excluding carboxylic acids is 1. The van der Waals surface area contributed by atoms with Crippen LogP contribution in [0.4, 0.5) is 18.9 Å². The molecule has 0 aliphatic carbocycles. The molecular formula is C19H16ClF3N4O3S. The van der Waals surface area contributed by atoms with Crippen molar-refractivity contribution in [3.05, 3.63) is 76.6 Å². The third-order valence-corrected chi connectivity index (χ3v) is 5.68. The monoisotopic (exact) mass is 472 g/mol. The molecule has 7 nitrogen and oxygen atoms in total. The Labute approximate surface area is 180 Å². The first-order chi connectivity index (χ1) is 14.4. The molecule has 1 amide bonds. The summed E-state index contributed by atoms with van der Waals surface area (Å²) in [6, 6.07) is 12.1. The van der Waals surface area contributed by atoms with Gasteiger partial charge in [-0.3, -0.25) is 9.89 Å². The maximum Gasteiger partial charge on any atom is 0.435 e. The second-order valence-electron chi connectivity index (χ2n) is 6.63. The van der Waals surface area contributed by atoms with Crippen molar-refractivity contribution in [1.82, 2.24) is 10.2 Å². The van der Waals surface area contributed by atoms with Gasteiger partial charge < -0.3 is 4.90 Å². The summed E-state index contributed by atoms with van der Waals surface area (Å²) in [4.78, 5) is 14.3. The number of primary sulfonamides is 1. The average Bonchev–Trinajstić information content (AvgIpc) is 3.17. The molecule has 0 saturated carbocycles. The van der Waals surface area contributed by atoms with E-state index in [0.29, 0.717) is 10.7 Å². The van der Waals surface area contributed by atoms with E-state index < -0.39 is 33.7 Å². The number of aromatic amines is 1. The van der Waals surface area contributed by atoms with E-state index in [2.05, 4.69) is 10.2 Å².